The van der Waals surface area contributed by atoms with E-state index < -0.39 is 0 Å². The van der Waals surface area contributed by atoms with Gasteiger partial charge in [0.25, 0.3) is 0 Å². The van der Waals surface area contributed by atoms with Crippen LogP contribution in [0.4, 0.5) is 0 Å². The Hall–Kier alpha value is -0.960. The molecule has 1 atom stereocenters. The third-order valence-electron chi connectivity index (χ3n) is 2.00. The minimum Gasteiger partial charge on any atom is -0.393 e. The molecule has 1 aromatic rings. The fourth-order valence-corrected chi connectivity index (χ4v) is 1.40. The van der Waals surface area contributed by atoms with Crippen LogP contribution in [-0.2, 0) is 12.8 Å². The quantitative estimate of drug-likeness (QED) is 0.579. The van der Waals surface area contributed by atoms with Gasteiger partial charge in [0.05, 0.1) is 17.5 Å². The van der Waals surface area contributed by atoms with Crippen LogP contribution in [0.1, 0.15) is 17.8 Å². The number of aromatic nitrogens is 2. The number of nitrogens with zero attached hydrogens (tertiary/aromatic N) is 2. The summed E-state index contributed by atoms with van der Waals surface area (Å²) < 4.78 is 0. The number of rotatable bonds is 0. The predicted octanol–water partition coefficient (Wildman–Crippen LogP) is 0.326. The van der Waals surface area contributed by atoms with Gasteiger partial charge in [-0.2, -0.15) is 0 Å². The second-order valence-corrected chi connectivity index (χ2v) is 2.85. The van der Waals surface area contributed by atoms with Gasteiger partial charge in [-0.15, -0.1) is 0 Å². The minimum atomic E-state index is -0.209. The van der Waals surface area contributed by atoms with Crippen LogP contribution >= 0.6 is 0 Å². The van der Waals surface area contributed by atoms with E-state index in [2.05, 4.69) is 9.97 Å². The first-order chi connectivity index (χ1) is 5.36. The van der Waals surface area contributed by atoms with E-state index in [-0.39, 0.29) is 6.10 Å². The van der Waals surface area contributed by atoms with Gasteiger partial charge < -0.3 is 5.11 Å². The van der Waals surface area contributed by atoms with Gasteiger partial charge in [0.1, 0.15) is 0 Å². The van der Waals surface area contributed by atoms with Crippen molar-refractivity contribution in [2.24, 2.45) is 0 Å². The Bertz CT molecular complexity index is 262. The van der Waals surface area contributed by atoms with E-state index in [1.807, 2.05) is 0 Å². The molecule has 0 aromatic carbocycles. The molecule has 0 spiro atoms. The lowest BCUT2D eigenvalue weighted by atomic mass is 9.98. The fourth-order valence-electron chi connectivity index (χ4n) is 1.40. The maximum Gasteiger partial charge on any atom is 0.0644 e. The van der Waals surface area contributed by atoms with Crippen LogP contribution in [0.15, 0.2) is 12.4 Å². The zero-order chi connectivity index (χ0) is 7.68. The van der Waals surface area contributed by atoms with Crippen molar-refractivity contribution in [3.8, 4) is 0 Å². The topological polar surface area (TPSA) is 46.0 Å². The fraction of sp³-hybridized carbons (Fsp3) is 0.500. The lowest BCUT2D eigenvalue weighted by Gasteiger charge is -2.17. The first-order valence-corrected chi connectivity index (χ1v) is 3.83. The smallest absolute Gasteiger partial charge is 0.0644 e. The van der Waals surface area contributed by atoms with Crippen LogP contribution in [0.3, 0.4) is 0 Å². The van der Waals surface area contributed by atoms with Crippen molar-refractivity contribution < 1.29 is 5.11 Å². The van der Waals surface area contributed by atoms with Crippen molar-refractivity contribution in [1.82, 2.24) is 9.97 Å². The van der Waals surface area contributed by atoms with Crippen LogP contribution in [-0.4, -0.2) is 21.2 Å². The van der Waals surface area contributed by atoms with Crippen molar-refractivity contribution in [2.75, 3.05) is 0 Å². The summed E-state index contributed by atoms with van der Waals surface area (Å²) in [4.78, 5) is 8.33. The lowest BCUT2D eigenvalue weighted by molar-refractivity contribution is 0.156. The highest BCUT2D eigenvalue weighted by atomic mass is 16.3. The third kappa shape index (κ3) is 1.24. The predicted molar refractivity (Wildman–Crippen MR) is 40.1 cm³/mol. The van der Waals surface area contributed by atoms with Gasteiger partial charge >= 0.3 is 0 Å². The average Bonchev–Trinajstić information content (AvgIpc) is 2.04. The van der Waals surface area contributed by atoms with Crippen molar-refractivity contribution in [2.45, 2.75) is 25.4 Å². The van der Waals surface area contributed by atoms with Crippen LogP contribution in [0.25, 0.3) is 0 Å². The van der Waals surface area contributed by atoms with Crippen LogP contribution in [0.5, 0.6) is 0 Å². The molecule has 0 aliphatic heterocycles. The van der Waals surface area contributed by atoms with E-state index in [0.29, 0.717) is 6.42 Å². The summed E-state index contributed by atoms with van der Waals surface area (Å²) in [6.45, 7) is 0. The van der Waals surface area contributed by atoms with E-state index in [0.717, 1.165) is 24.2 Å². The molecule has 1 N–H and O–H groups in total. The minimum absolute atomic E-state index is 0.209. The number of hydrogen-bond acceptors (Lipinski definition) is 3. The molecule has 1 aliphatic carbocycles. The SMILES string of the molecule is OC1CCc2nccnc2C1. The largest absolute Gasteiger partial charge is 0.393 e. The molecule has 3 heteroatoms. The third-order valence-corrected chi connectivity index (χ3v) is 2.00. The standard InChI is InChI=1S/C8H10N2O/c11-6-1-2-7-8(5-6)10-4-3-9-7/h3-4,6,11H,1-2,5H2. The molecule has 11 heavy (non-hydrogen) atoms. The summed E-state index contributed by atoms with van der Waals surface area (Å²) in [7, 11) is 0. The molecular formula is C8H10N2O. The Morgan fingerprint density at radius 2 is 2.00 bits per heavy atom. The maximum atomic E-state index is 9.29. The lowest BCUT2D eigenvalue weighted by Crippen LogP contribution is -2.20. The van der Waals surface area contributed by atoms with Crippen LogP contribution in [0, 0.1) is 0 Å². The van der Waals surface area contributed by atoms with Gasteiger partial charge in [-0.1, -0.05) is 0 Å². The molecule has 3 nitrogen and oxygen atoms in total. The van der Waals surface area contributed by atoms with Gasteiger partial charge in [0.2, 0.25) is 0 Å². The summed E-state index contributed by atoms with van der Waals surface area (Å²) >= 11 is 0. The molecule has 1 heterocycles. The molecule has 1 unspecified atom stereocenters. The number of aliphatic hydroxyl groups is 1. The van der Waals surface area contributed by atoms with Gasteiger partial charge in [-0.3, -0.25) is 9.97 Å². The average molecular weight is 150 g/mol. The Morgan fingerprint density at radius 3 is 2.82 bits per heavy atom. The van der Waals surface area contributed by atoms with E-state index in [4.69, 9.17) is 0 Å². The van der Waals surface area contributed by atoms with Crippen molar-refractivity contribution in [3.63, 3.8) is 0 Å². The highest BCUT2D eigenvalue weighted by molar-refractivity contribution is 5.14. The normalized spacial score (nSPS) is 22.8. The first-order valence-electron chi connectivity index (χ1n) is 3.83. The summed E-state index contributed by atoms with van der Waals surface area (Å²) in [5.74, 6) is 0. The summed E-state index contributed by atoms with van der Waals surface area (Å²) in [5.41, 5.74) is 2.02. The van der Waals surface area contributed by atoms with E-state index in [9.17, 15) is 5.11 Å². The Balaban J connectivity index is 2.34. The number of fused-ring (bicyclic) bond motifs is 1. The Labute approximate surface area is 65.1 Å². The highest BCUT2D eigenvalue weighted by Gasteiger charge is 2.17. The first kappa shape index (κ1) is 6.73. The van der Waals surface area contributed by atoms with Crippen LogP contribution < -0.4 is 0 Å². The van der Waals surface area contributed by atoms with Crippen molar-refractivity contribution in [3.05, 3.63) is 23.8 Å². The number of hydrogen-bond donors (Lipinski definition) is 1. The molecule has 0 fully saturated rings. The molecule has 0 bridgehead atoms. The van der Waals surface area contributed by atoms with E-state index in [1.54, 1.807) is 12.4 Å². The molecule has 1 aromatic heterocycles. The molecule has 1 aliphatic rings. The monoisotopic (exact) mass is 150 g/mol. The highest BCUT2D eigenvalue weighted by Crippen LogP contribution is 2.16. The Morgan fingerprint density at radius 1 is 1.27 bits per heavy atom. The molecule has 0 saturated heterocycles. The number of aryl methyl sites for hydroxylation is 1. The maximum absolute atomic E-state index is 9.29. The van der Waals surface area contributed by atoms with Crippen molar-refractivity contribution in [1.29, 1.82) is 0 Å². The summed E-state index contributed by atoms with van der Waals surface area (Å²) in [6, 6.07) is 0. The second kappa shape index (κ2) is 2.58. The summed E-state index contributed by atoms with van der Waals surface area (Å²) in [6.07, 6.45) is 5.53. The van der Waals surface area contributed by atoms with E-state index in [1.165, 1.54) is 0 Å². The van der Waals surface area contributed by atoms with Gasteiger partial charge in [-0.25, -0.2) is 0 Å². The second-order valence-electron chi connectivity index (χ2n) is 2.85. The van der Waals surface area contributed by atoms with E-state index >= 15 is 0 Å². The van der Waals surface area contributed by atoms with Crippen LogP contribution in [0.2, 0.25) is 0 Å². The molecule has 0 saturated carbocycles. The summed E-state index contributed by atoms with van der Waals surface area (Å²) in [5, 5.41) is 9.29. The van der Waals surface area contributed by atoms with Gasteiger partial charge in [0, 0.05) is 18.8 Å². The molecule has 58 valence electrons. The molecular weight excluding hydrogens is 140 g/mol. The molecule has 0 radical (unpaired) electrons. The Kier molecular flexibility index (Phi) is 1.58. The molecule has 2 rings (SSSR count). The van der Waals surface area contributed by atoms with Gasteiger partial charge in [-0.05, 0) is 12.8 Å². The zero-order valence-corrected chi connectivity index (χ0v) is 6.20. The van der Waals surface area contributed by atoms with Gasteiger partial charge in [0.15, 0.2) is 0 Å². The van der Waals surface area contributed by atoms with Crippen molar-refractivity contribution >= 4 is 0 Å². The number of aliphatic hydroxyl groups excluding tert-OH is 1. The molecule has 0 amide bonds. The zero-order valence-electron chi connectivity index (χ0n) is 6.20.